The molecule has 16 heavy (non-hydrogen) atoms. The zero-order valence-corrected chi connectivity index (χ0v) is 9.78. The van der Waals surface area contributed by atoms with Gasteiger partial charge in [-0.25, -0.2) is 0 Å². The second kappa shape index (κ2) is 4.00. The van der Waals surface area contributed by atoms with Crippen LogP contribution in [-0.4, -0.2) is 13.1 Å². The highest BCUT2D eigenvalue weighted by molar-refractivity contribution is 5.62. The molecule has 1 saturated carbocycles. The number of nitrogen functional groups attached to an aromatic ring is 1. The smallest absolute Gasteiger partial charge is 0.0401 e. The van der Waals surface area contributed by atoms with E-state index >= 15 is 0 Å². The van der Waals surface area contributed by atoms with E-state index in [0.717, 1.165) is 11.6 Å². The van der Waals surface area contributed by atoms with Crippen molar-refractivity contribution in [2.45, 2.75) is 32.1 Å². The molecule has 0 unspecified atom stereocenters. The summed E-state index contributed by atoms with van der Waals surface area (Å²) >= 11 is 0. The Kier molecular flexibility index (Phi) is 2.50. The van der Waals surface area contributed by atoms with Crippen LogP contribution in [-0.2, 0) is 6.42 Å². The molecule has 1 heterocycles. The molecule has 0 radical (unpaired) electrons. The number of anilines is 2. The quantitative estimate of drug-likeness (QED) is 0.770. The zero-order chi connectivity index (χ0) is 11.0. The standard InChI is InChI=1S/C14H20N2/c15-13-5-6-14-12(9-13)7-8-16(14)10-11-3-1-2-4-11/h5-6,9,11H,1-4,7-8,10,15H2. The maximum Gasteiger partial charge on any atom is 0.0401 e. The topological polar surface area (TPSA) is 29.3 Å². The molecule has 2 heteroatoms. The third-order valence-electron chi connectivity index (χ3n) is 4.05. The Morgan fingerprint density at radius 2 is 2.06 bits per heavy atom. The summed E-state index contributed by atoms with van der Waals surface area (Å²) in [5.74, 6) is 0.934. The number of benzene rings is 1. The van der Waals surface area contributed by atoms with Crippen LogP contribution in [0.2, 0.25) is 0 Å². The van der Waals surface area contributed by atoms with Crippen molar-refractivity contribution >= 4 is 11.4 Å². The molecule has 3 rings (SSSR count). The molecule has 0 spiro atoms. The lowest BCUT2D eigenvalue weighted by molar-refractivity contribution is 0.538. The van der Waals surface area contributed by atoms with Crippen LogP contribution in [0.4, 0.5) is 11.4 Å². The molecule has 1 aliphatic heterocycles. The van der Waals surface area contributed by atoms with Gasteiger partial charge in [-0.1, -0.05) is 12.8 Å². The van der Waals surface area contributed by atoms with Crippen LogP contribution in [0.3, 0.4) is 0 Å². The van der Waals surface area contributed by atoms with Gasteiger partial charge < -0.3 is 10.6 Å². The van der Waals surface area contributed by atoms with E-state index in [2.05, 4.69) is 17.0 Å². The predicted octanol–water partition coefficient (Wildman–Crippen LogP) is 2.82. The van der Waals surface area contributed by atoms with Crippen molar-refractivity contribution < 1.29 is 0 Å². The van der Waals surface area contributed by atoms with Gasteiger partial charge in [0.15, 0.2) is 0 Å². The van der Waals surface area contributed by atoms with Crippen LogP contribution in [0.15, 0.2) is 18.2 Å². The van der Waals surface area contributed by atoms with Gasteiger partial charge in [-0.2, -0.15) is 0 Å². The normalized spacial score (nSPS) is 20.4. The summed E-state index contributed by atoms with van der Waals surface area (Å²) in [7, 11) is 0. The zero-order valence-electron chi connectivity index (χ0n) is 9.78. The summed E-state index contributed by atoms with van der Waals surface area (Å²) in [5, 5.41) is 0. The summed E-state index contributed by atoms with van der Waals surface area (Å²) in [6.07, 6.45) is 6.91. The highest BCUT2D eigenvalue weighted by Crippen LogP contribution is 2.33. The third-order valence-corrected chi connectivity index (χ3v) is 4.05. The van der Waals surface area contributed by atoms with E-state index in [9.17, 15) is 0 Å². The van der Waals surface area contributed by atoms with Crippen molar-refractivity contribution in [1.29, 1.82) is 0 Å². The van der Waals surface area contributed by atoms with E-state index in [4.69, 9.17) is 5.73 Å². The Bertz CT molecular complexity index is 380. The molecular weight excluding hydrogens is 196 g/mol. The lowest BCUT2D eigenvalue weighted by Crippen LogP contribution is -2.26. The van der Waals surface area contributed by atoms with Crippen molar-refractivity contribution in [2.75, 3.05) is 23.7 Å². The fourth-order valence-corrected chi connectivity index (χ4v) is 3.18. The molecule has 0 saturated heterocycles. The molecule has 1 aromatic rings. The Hall–Kier alpha value is -1.18. The number of fused-ring (bicyclic) bond motifs is 1. The monoisotopic (exact) mass is 216 g/mol. The van der Waals surface area contributed by atoms with Crippen molar-refractivity contribution in [1.82, 2.24) is 0 Å². The highest BCUT2D eigenvalue weighted by atomic mass is 15.1. The summed E-state index contributed by atoms with van der Waals surface area (Å²) in [6.45, 7) is 2.45. The first-order chi connectivity index (χ1) is 7.83. The minimum Gasteiger partial charge on any atom is -0.399 e. The molecule has 0 atom stereocenters. The van der Waals surface area contributed by atoms with E-state index in [1.807, 2.05) is 6.07 Å². The molecule has 1 fully saturated rings. The average Bonchev–Trinajstić information content (AvgIpc) is 2.89. The Morgan fingerprint density at radius 1 is 1.25 bits per heavy atom. The molecule has 0 bridgehead atoms. The van der Waals surface area contributed by atoms with Crippen LogP contribution in [0, 0.1) is 5.92 Å². The second-order valence-electron chi connectivity index (χ2n) is 5.23. The van der Waals surface area contributed by atoms with Crippen LogP contribution in [0.25, 0.3) is 0 Å². The third kappa shape index (κ3) is 1.77. The molecule has 2 nitrogen and oxygen atoms in total. The maximum atomic E-state index is 5.82. The molecular formula is C14H20N2. The lowest BCUT2D eigenvalue weighted by Gasteiger charge is -2.23. The molecule has 1 aromatic carbocycles. The molecule has 2 N–H and O–H groups in total. The summed E-state index contributed by atoms with van der Waals surface area (Å²) in [6, 6.07) is 6.38. The Balaban J connectivity index is 1.75. The number of rotatable bonds is 2. The van der Waals surface area contributed by atoms with Crippen molar-refractivity contribution in [3.8, 4) is 0 Å². The van der Waals surface area contributed by atoms with Gasteiger partial charge in [0.05, 0.1) is 0 Å². The molecule has 0 amide bonds. The fourth-order valence-electron chi connectivity index (χ4n) is 3.18. The van der Waals surface area contributed by atoms with Gasteiger partial charge in [-0.3, -0.25) is 0 Å². The molecule has 0 aromatic heterocycles. The fraction of sp³-hybridized carbons (Fsp3) is 0.571. The summed E-state index contributed by atoms with van der Waals surface area (Å²) in [4.78, 5) is 2.56. The van der Waals surface area contributed by atoms with E-state index in [0.29, 0.717) is 0 Å². The number of hydrogen-bond acceptors (Lipinski definition) is 2. The van der Waals surface area contributed by atoms with Gasteiger partial charge in [0.2, 0.25) is 0 Å². The largest absolute Gasteiger partial charge is 0.399 e. The van der Waals surface area contributed by atoms with E-state index in [1.165, 1.54) is 56.4 Å². The van der Waals surface area contributed by atoms with Gasteiger partial charge in [0.25, 0.3) is 0 Å². The van der Waals surface area contributed by atoms with Gasteiger partial charge >= 0.3 is 0 Å². The molecule has 1 aliphatic carbocycles. The molecule has 86 valence electrons. The van der Waals surface area contributed by atoms with Gasteiger partial charge in [0, 0.05) is 24.5 Å². The van der Waals surface area contributed by atoms with Gasteiger partial charge in [-0.05, 0) is 48.9 Å². The van der Waals surface area contributed by atoms with Crippen LogP contribution in [0.5, 0.6) is 0 Å². The van der Waals surface area contributed by atoms with Gasteiger partial charge in [-0.15, -0.1) is 0 Å². The average molecular weight is 216 g/mol. The van der Waals surface area contributed by atoms with Crippen LogP contribution < -0.4 is 10.6 Å². The Morgan fingerprint density at radius 3 is 2.88 bits per heavy atom. The van der Waals surface area contributed by atoms with E-state index in [1.54, 1.807) is 0 Å². The van der Waals surface area contributed by atoms with Gasteiger partial charge in [0.1, 0.15) is 0 Å². The molecule has 2 aliphatic rings. The van der Waals surface area contributed by atoms with E-state index in [-0.39, 0.29) is 0 Å². The minimum absolute atomic E-state index is 0.904. The first-order valence-electron chi connectivity index (χ1n) is 6.46. The number of nitrogens with two attached hydrogens (primary N) is 1. The van der Waals surface area contributed by atoms with Crippen molar-refractivity contribution in [2.24, 2.45) is 5.92 Å². The van der Waals surface area contributed by atoms with Crippen LogP contribution in [0.1, 0.15) is 31.2 Å². The summed E-state index contributed by atoms with van der Waals surface area (Å²) < 4.78 is 0. The Labute approximate surface area is 97.4 Å². The predicted molar refractivity (Wildman–Crippen MR) is 68.7 cm³/mol. The summed E-state index contributed by atoms with van der Waals surface area (Å²) in [5.41, 5.74) is 9.60. The first-order valence-corrected chi connectivity index (χ1v) is 6.46. The lowest BCUT2D eigenvalue weighted by atomic mass is 10.1. The number of hydrogen-bond donors (Lipinski definition) is 1. The van der Waals surface area contributed by atoms with Crippen molar-refractivity contribution in [3.05, 3.63) is 23.8 Å². The maximum absolute atomic E-state index is 5.82. The first kappa shape index (κ1) is 10.0. The second-order valence-corrected chi connectivity index (χ2v) is 5.23. The van der Waals surface area contributed by atoms with Crippen LogP contribution >= 0.6 is 0 Å². The minimum atomic E-state index is 0.904. The SMILES string of the molecule is Nc1ccc2c(c1)CCN2CC1CCCC1. The highest BCUT2D eigenvalue weighted by Gasteiger charge is 2.23. The van der Waals surface area contributed by atoms with E-state index < -0.39 is 0 Å². The number of nitrogens with zero attached hydrogens (tertiary/aromatic N) is 1. The van der Waals surface area contributed by atoms with Crippen molar-refractivity contribution in [3.63, 3.8) is 0 Å².